The Hall–Kier alpha value is 1.42. The van der Waals surface area contributed by atoms with E-state index in [2.05, 4.69) is 8.93 Å². The van der Waals surface area contributed by atoms with Gasteiger partial charge in [0.2, 0.25) is 0 Å². The Kier molecular flexibility index (Phi) is 3.71. The fourth-order valence-corrected chi connectivity index (χ4v) is 2.01. The zero-order chi connectivity index (χ0) is 5.86. The van der Waals surface area contributed by atoms with E-state index >= 15 is 0 Å². The highest BCUT2D eigenvalue weighted by molar-refractivity contribution is 8.30. The summed E-state index contributed by atoms with van der Waals surface area (Å²) >= 11 is 0. The van der Waals surface area contributed by atoms with E-state index in [1.165, 1.54) is 0 Å². The van der Waals surface area contributed by atoms with E-state index in [9.17, 15) is 0 Å². The Labute approximate surface area is 43.1 Å². The zero-order valence-corrected chi connectivity index (χ0v) is 6.15. The van der Waals surface area contributed by atoms with Crippen LogP contribution in [0.5, 0.6) is 0 Å². The quantitative estimate of drug-likeness (QED) is 0.357. The van der Waals surface area contributed by atoms with Gasteiger partial charge in [-0.2, -0.15) is 8.34 Å². The Balaban J connectivity index is 3.14. The molecule has 0 saturated heterocycles. The van der Waals surface area contributed by atoms with Crippen molar-refractivity contribution in [2.24, 2.45) is 0 Å². The second-order valence-corrected chi connectivity index (χ2v) is 3.37. The summed E-state index contributed by atoms with van der Waals surface area (Å²) in [4.78, 5) is 0. The van der Waals surface area contributed by atoms with Crippen LogP contribution in [0.4, 0.5) is 0 Å². The predicted octanol–water partition coefficient (Wildman–Crippen LogP) is -0.0519. The van der Waals surface area contributed by atoms with Crippen molar-refractivity contribution in [3.8, 4) is 0 Å². The topological polar surface area (TPSA) is 0 Å². The van der Waals surface area contributed by atoms with Gasteiger partial charge < -0.3 is 0 Å². The van der Waals surface area contributed by atoms with Gasteiger partial charge in [0.05, 0.1) is 1.28 Å². The van der Waals surface area contributed by atoms with Crippen molar-refractivity contribution in [1.29, 1.82) is 2.61 Å². The lowest BCUT2D eigenvalue weighted by atomic mass is 10.7. The minimum absolute atomic E-state index is 0.125. The van der Waals surface area contributed by atoms with E-state index in [-0.39, 0.29) is 6.68 Å². The molecule has 5 heteroatoms. The van der Waals surface area contributed by atoms with Gasteiger partial charge in [0.15, 0.2) is 6.68 Å². The van der Waals surface area contributed by atoms with Crippen LogP contribution in [-0.2, 0) is 0 Å². The smallest absolute Gasteiger partial charge is 0.170 e. The molecular weight excluding hydrogens is 115 g/mol. The molecule has 0 aromatic heterocycles. The third-order valence-electron chi connectivity index (χ3n) is 0.204. The lowest BCUT2D eigenvalue weighted by molar-refractivity contribution is 4.57. The first kappa shape index (κ1) is 3.43. The van der Waals surface area contributed by atoms with Gasteiger partial charge in [0.1, 0.15) is 7.57 Å². The van der Waals surface area contributed by atoms with Crippen LogP contribution >= 0.6 is 25.4 Å². The second-order valence-electron chi connectivity index (χ2n) is 0.567. The predicted molar refractivity (Wildman–Crippen MR) is 42.0 cm³/mol. The normalized spacial score (nSPS) is 21.8. The Morgan fingerprint density at radius 3 is 3.00 bits per heavy atom. The van der Waals surface area contributed by atoms with Crippen LogP contribution in [0.15, 0.2) is 0 Å². The summed E-state index contributed by atoms with van der Waals surface area (Å²) in [6, 6.07) is 0. The molecule has 0 spiro atoms. The SMILES string of the molecule is [2H]B(PB)P([2H])P. The first-order chi connectivity index (χ1) is 3.18. The maximum absolute atomic E-state index is 7.11. The lowest BCUT2D eigenvalue weighted by Crippen LogP contribution is -1.54. The highest BCUT2D eigenvalue weighted by Gasteiger charge is 1.72. The summed E-state index contributed by atoms with van der Waals surface area (Å²) in [7, 11) is 4.12. The van der Waals surface area contributed by atoms with Crippen LogP contribution in [0.25, 0.3) is 0 Å². The van der Waals surface area contributed by atoms with Crippen LogP contribution < -0.4 is 0 Å². The maximum Gasteiger partial charge on any atom is 0.170 e. The minimum Gasteiger partial charge on any atom is -0.193 e. The molecule has 0 aromatic rings. The molecule has 3 atom stereocenters. The molecule has 5 heavy (non-hydrogen) atoms. The van der Waals surface area contributed by atoms with E-state index in [4.69, 9.17) is 2.61 Å². The summed E-state index contributed by atoms with van der Waals surface area (Å²) in [5.74, 6) is 0. The number of hydrogen-bond donors (Lipinski definition) is 0. The summed E-state index contributed by atoms with van der Waals surface area (Å²) in [5.41, 5.74) is 0. The molecule has 28 valence electrons. The largest absolute Gasteiger partial charge is 0.193 e. The van der Waals surface area contributed by atoms with E-state index in [1.54, 1.807) is 0 Å². The van der Waals surface area contributed by atoms with Crippen LogP contribution in [0.3, 0.4) is 0 Å². The summed E-state index contributed by atoms with van der Waals surface area (Å²) in [5, 5.41) is 0. The zero-order valence-electron chi connectivity index (χ0n) is 5.10. The van der Waals surface area contributed by atoms with E-state index in [0.717, 1.165) is 0 Å². The second kappa shape index (κ2) is 5.42. The van der Waals surface area contributed by atoms with E-state index in [1.807, 2.05) is 7.57 Å². The highest BCUT2D eigenvalue weighted by atomic mass is 32.0. The van der Waals surface area contributed by atoms with Gasteiger partial charge >= 0.3 is 0 Å². The molecule has 0 N–H and O–H groups in total. The fraction of sp³-hybridized carbons (Fsp3) is 0. The van der Waals surface area contributed by atoms with Crippen molar-refractivity contribution in [2.75, 3.05) is 0 Å². The molecule has 0 fully saturated rings. The Morgan fingerprint density at radius 1 is 2.40 bits per heavy atom. The monoisotopic (exact) mass is 124 g/mol. The molecule has 0 bridgehead atoms. The summed E-state index contributed by atoms with van der Waals surface area (Å²) in [6.45, 7) is -0.125. The highest BCUT2D eigenvalue weighted by Crippen LogP contribution is 2.23. The third kappa shape index (κ3) is 5.42. The van der Waals surface area contributed by atoms with Crippen LogP contribution in [0.2, 0.25) is 0 Å². The van der Waals surface area contributed by atoms with Crippen molar-refractivity contribution in [3.63, 3.8) is 0 Å². The molecule has 0 saturated carbocycles. The fourth-order valence-electron chi connectivity index (χ4n) is 0.0745. The molecule has 0 aliphatic carbocycles. The van der Waals surface area contributed by atoms with Crippen molar-refractivity contribution in [1.82, 2.24) is 0 Å². The van der Waals surface area contributed by atoms with Gasteiger partial charge in [-0.15, -0.1) is 17.0 Å². The standard InChI is InChI=1S/B2H7P3/c1-4-2-5-3/h2,4-5H,1,3H2/i2D,5D. The van der Waals surface area contributed by atoms with Gasteiger partial charge in [0, 0.05) is 0 Å². The summed E-state index contributed by atoms with van der Waals surface area (Å²) in [6.07, 6.45) is 0. The molecule has 0 radical (unpaired) electrons. The van der Waals surface area contributed by atoms with Gasteiger partial charge in [-0.25, -0.2) is 0 Å². The van der Waals surface area contributed by atoms with Gasteiger partial charge in [-0.1, -0.05) is 0 Å². The first-order valence-corrected chi connectivity index (χ1v) is 5.46. The van der Waals surface area contributed by atoms with Gasteiger partial charge in [-0.05, 0) is 1.34 Å². The molecule has 0 nitrogen and oxygen atoms in total. The van der Waals surface area contributed by atoms with E-state index in [0.29, 0.717) is 8.34 Å². The number of rotatable bonds is 2. The van der Waals surface area contributed by atoms with Crippen molar-refractivity contribution >= 4 is 39.6 Å². The van der Waals surface area contributed by atoms with Crippen LogP contribution in [-0.4, -0.2) is 16.9 Å². The Bertz CT molecular complexity index is 48.2. The van der Waals surface area contributed by atoms with Gasteiger partial charge in [0.25, 0.3) is 0 Å². The molecular formula is H7B2P3. The van der Waals surface area contributed by atoms with Crippen LogP contribution in [0, 0.1) is 0 Å². The molecule has 3 unspecified atom stereocenters. The molecule has 0 rings (SSSR count). The van der Waals surface area contributed by atoms with Crippen LogP contribution in [0.1, 0.15) is 0 Å². The van der Waals surface area contributed by atoms with Crippen molar-refractivity contribution in [2.45, 2.75) is 0 Å². The van der Waals surface area contributed by atoms with Crippen molar-refractivity contribution in [3.05, 3.63) is 0 Å². The molecule has 0 aromatic carbocycles. The lowest BCUT2D eigenvalue weighted by Gasteiger charge is -1.77. The minimum atomic E-state index is -0.816. The summed E-state index contributed by atoms with van der Waals surface area (Å²) < 4.78 is 14.1. The van der Waals surface area contributed by atoms with Gasteiger partial charge in [-0.3, -0.25) is 0 Å². The third-order valence-corrected chi connectivity index (χ3v) is 3.17. The first-order valence-electron chi connectivity index (χ1n) is 2.33. The molecule has 0 aliphatic heterocycles. The molecule has 0 aliphatic rings. The number of hydrogen-bond acceptors (Lipinski definition) is 0. The Morgan fingerprint density at radius 2 is 3.00 bits per heavy atom. The molecule has 0 amide bonds. The average Bonchev–Trinajstić information content (AvgIpc) is 1.65. The average molecular weight is 124 g/mol. The van der Waals surface area contributed by atoms with Crippen molar-refractivity contribution < 1.29 is 0 Å². The molecule has 0 heterocycles. The van der Waals surface area contributed by atoms with E-state index < -0.39 is 8.09 Å². The maximum atomic E-state index is 7.11.